The molecule has 1 aromatic rings. The first-order chi connectivity index (χ1) is 7.54. The predicted octanol–water partition coefficient (Wildman–Crippen LogP) is 1.64. The molecule has 0 bridgehead atoms. The minimum atomic E-state index is -1.00. The summed E-state index contributed by atoms with van der Waals surface area (Å²) >= 11 is 0. The number of methoxy groups -OCH3 is 1. The first-order valence-electron chi connectivity index (χ1n) is 4.64. The summed E-state index contributed by atoms with van der Waals surface area (Å²) in [4.78, 5) is 21.9. The third-order valence-electron chi connectivity index (χ3n) is 1.97. The maximum atomic E-state index is 11.1. The third kappa shape index (κ3) is 2.95. The Bertz CT molecular complexity index is 446. The van der Waals surface area contributed by atoms with Crippen LogP contribution >= 0.6 is 0 Å². The fourth-order valence-electron chi connectivity index (χ4n) is 1.17. The Labute approximate surface area is 93.2 Å². The molecule has 0 saturated heterocycles. The molecule has 1 rings (SSSR count). The molecule has 1 N–H and O–H groups in total. The van der Waals surface area contributed by atoms with E-state index in [4.69, 9.17) is 0 Å². The van der Waals surface area contributed by atoms with Gasteiger partial charge in [0.15, 0.2) is 0 Å². The molecule has 0 atom stereocenters. The minimum Gasteiger partial charge on any atom is -0.507 e. The summed E-state index contributed by atoms with van der Waals surface area (Å²) < 4.78 is 4.23. The van der Waals surface area contributed by atoms with E-state index in [9.17, 15) is 14.7 Å². The Hall–Kier alpha value is -2.10. The molecule has 4 heteroatoms. The lowest BCUT2D eigenvalue weighted by Crippen LogP contribution is -2.13. The molecule has 0 aliphatic carbocycles. The van der Waals surface area contributed by atoms with Gasteiger partial charge in [-0.3, -0.25) is 4.79 Å². The number of hydrogen-bond donors (Lipinski definition) is 1. The van der Waals surface area contributed by atoms with E-state index in [0.29, 0.717) is 5.56 Å². The number of aryl methyl sites for hydroxylation is 1. The van der Waals surface area contributed by atoms with Gasteiger partial charge in [0, 0.05) is 11.6 Å². The van der Waals surface area contributed by atoms with Crippen LogP contribution in [0.5, 0.6) is 0 Å². The molecule has 0 spiro atoms. The van der Waals surface area contributed by atoms with Crippen molar-refractivity contribution in [3.8, 4) is 0 Å². The van der Waals surface area contributed by atoms with Crippen LogP contribution in [0.1, 0.15) is 11.1 Å². The number of benzene rings is 1. The predicted molar refractivity (Wildman–Crippen MR) is 58.8 cm³/mol. The van der Waals surface area contributed by atoms with Crippen molar-refractivity contribution in [1.82, 2.24) is 0 Å². The number of rotatable bonds is 3. The van der Waals surface area contributed by atoms with Crippen LogP contribution in [0.3, 0.4) is 0 Å². The monoisotopic (exact) mass is 220 g/mol. The third-order valence-corrected chi connectivity index (χ3v) is 1.97. The number of hydrogen-bond acceptors (Lipinski definition) is 4. The zero-order chi connectivity index (χ0) is 12.1. The number of aliphatic hydroxyl groups is 1. The van der Waals surface area contributed by atoms with Gasteiger partial charge < -0.3 is 9.84 Å². The van der Waals surface area contributed by atoms with Crippen molar-refractivity contribution in [3.05, 3.63) is 41.5 Å². The quantitative estimate of drug-likeness (QED) is 0.364. The van der Waals surface area contributed by atoms with Crippen LogP contribution in [0.15, 0.2) is 30.3 Å². The van der Waals surface area contributed by atoms with Crippen LogP contribution in [0.4, 0.5) is 0 Å². The van der Waals surface area contributed by atoms with E-state index in [-0.39, 0.29) is 5.76 Å². The van der Waals surface area contributed by atoms with E-state index in [1.54, 1.807) is 18.2 Å². The highest BCUT2D eigenvalue weighted by molar-refractivity contribution is 6.39. The Morgan fingerprint density at radius 1 is 1.38 bits per heavy atom. The van der Waals surface area contributed by atoms with Crippen LogP contribution < -0.4 is 0 Å². The first kappa shape index (κ1) is 12.0. The Kier molecular flexibility index (Phi) is 3.83. The first-order valence-corrected chi connectivity index (χ1v) is 4.64. The second-order valence-electron chi connectivity index (χ2n) is 3.25. The van der Waals surface area contributed by atoms with Crippen LogP contribution in [0, 0.1) is 6.92 Å². The van der Waals surface area contributed by atoms with Crippen molar-refractivity contribution in [2.24, 2.45) is 0 Å². The van der Waals surface area contributed by atoms with Crippen molar-refractivity contribution in [2.75, 3.05) is 7.11 Å². The van der Waals surface area contributed by atoms with Gasteiger partial charge in [0.25, 0.3) is 5.78 Å². The summed E-state index contributed by atoms with van der Waals surface area (Å²) in [5.74, 6) is -2.14. The van der Waals surface area contributed by atoms with Gasteiger partial charge in [-0.25, -0.2) is 4.79 Å². The number of esters is 1. The molecular weight excluding hydrogens is 208 g/mol. The van der Waals surface area contributed by atoms with Gasteiger partial charge in [0.05, 0.1) is 7.11 Å². The van der Waals surface area contributed by atoms with E-state index in [1.807, 2.05) is 13.0 Å². The summed E-state index contributed by atoms with van der Waals surface area (Å²) in [7, 11) is 1.11. The molecule has 16 heavy (non-hydrogen) atoms. The van der Waals surface area contributed by atoms with Crippen LogP contribution in [-0.2, 0) is 14.3 Å². The molecule has 0 saturated carbocycles. The van der Waals surface area contributed by atoms with Crippen molar-refractivity contribution < 1.29 is 19.4 Å². The van der Waals surface area contributed by atoms with Crippen LogP contribution in [0.25, 0.3) is 5.76 Å². The minimum absolute atomic E-state index is 0.251. The summed E-state index contributed by atoms with van der Waals surface area (Å²) in [6, 6.07) is 6.95. The van der Waals surface area contributed by atoms with Gasteiger partial charge in [-0.15, -0.1) is 0 Å². The molecule has 0 heterocycles. The molecule has 0 aliphatic rings. The Morgan fingerprint density at radius 2 is 2.06 bits per heavy atom. The second-order valence-corrected chi connectivity index (χ2v) is 3.25. The zero-order valence-corrected chi connectivity index (χ0v) is 9.06. The summed E-state index contributed by atoms with van der Waals surface area (Å²) in [5.41, 5.74) is 1.43. The fourth-order valence-corrected chi connectivity index (χ4v) is 1.17. The van der Waals surface area contributed by atoms with Gasteiger partial charge in [-0.05, 0) is 13.0 Å². The molecular formula is C12H12O4. The highest BCUT2D eigenvalue weighted by Gasteiger charge is 2.12. The topological polar surface area (TPSA) is 63.6 Å². The highest BCUT2D eigenvalue weighted by atomic mass is 16.5. The van der Waals surface area contributed by atoms with Crippen molar-refractivity contribution in [3.63, 3.8) is 0 Å². The van der Waals surface area contributed by atoms with E-state index in [2.05, 4.69) is 4.74 Å². The standard InChI is InChI=1S/C12H12O4/c1-8-4-3-5-9(6-8)10(13)7-11(14)12(15)16-2/h3-7,13H,1-2H3/b10-7-. The number of ketones is 1. The molecule has 84 valence electrons. The molecule has 1 aromatic carbocycles. The average molecular weight is 220 g/mol. The van der Waals surface area contributed by atoms with Gasteiger partial charge in [-0.2, -0.15) is 0 Å². The summed E-state index contributed by atoms with van der Waals surface area (Å²) in [6.45, 7) is 1.86. The molecule has 0 radical (unpaired) electrons. The van der Waals surface area contributed by atoms with Gasteiger partial charge in [-0.1, -0.05) is 23.8 Å². The lowest BCUT2D eigenvalue weighted by Gasteiger charge is -2.01. The molecule has 0 unspecified atom stereocenters. The molecule has 0 fully saturated rings. The van der Waals surface area contributed by atoms with Crippen LogP contribution in [-0.4, -0.2) is 24.0 Å². The second kappa shape index (κ2) is 5.11. The summed E-state index contributed by atoms with van der Waals surface area (Å²) in [5, 5.41) is 9.59. The van der Waals surface area contributed by atoms with E-state index in [1.165, 1.54) is 0 Å². The number of carbonyl (C=O) groups is 2. The Morgan fingerprint density at radius 3 is 2.62 bits per heavy atom. The largest absolute Gasteiger partial charge is 0.507 e. The summed E-state index contributed by atoms with van der Waals surface area (Å²) in [6.07, 6.45) is 0.848. The zero-order valence-electron chi connectivity index (χ0n) is 9.06. The van der Waals surface area contributed by atoms with E-state index >= 15 is 0 Å². The maximum Gasteiger partial charge on any atom is 0.378 e. The highest BCUT2D eigenvalue weighted by Crippen LogP contribution is 2.12. The van der Waals surface area contributed by atoms with Crippen molar-refractivity contribution in [2.45, 2.75) is 6.92 Å². The van der Waals surface area contributed by atoms with Crippen molar-refractivity contribution in [1.29, 1.82) is 0 Å². The fraction of sp³-hybridized carbons (Fsp3) is 0.167. The average Bonchev–Trinajstić information content (AvgIpc) is 2.27. The molecule has 0 amide bonds. The Balaban J connectivity index is 2.93. The SMILES string of the molecule is COC(=O)C(=O)/C=C(\O)c1cccc(C)c1. The number of carbonyl (C=O) groups excluding carboxylic acids is 2. The van der Waals surface area contributed by atoms with Gasteiger partial charge >= 0.3 is 5.97 Å². The molecule has 0 aliphatic heterocycles. The van der Waals surface area contributed by atoms with Gasteiger partial charge in [0.2, 0.25) is 0 Å². The number of ether oxygens (including phenoxy) is 1. The lowest BCUT2D eigenvalue weighted by molar-refractivity contribution is -0.149. The lowest BCUT2D eigenvalue weighted by atomic mass is 10.1. The van der Waals surface area contributed by atoms with E-state index < -0.39 is 11.8 Å². The van der Waals surface area contributed by atoms with Crippen molar-refractivity contribution >= 4 is 17.5 Å². The molecule has 4 nitrogen and oxygen atoms in total. The van der Waals surface area contributed by atoms with Crippen LogP contribution in [0.2, 0.25) is 0 Å². The van der Waals surface area contributed by atoms with E-state index in [0.717, 1.165) is 18.7 Å². The molecule has 0 aromatic heterocycles. The van der Waals surface area contributed by atoms with Gasteiger partial charge in [0.1, 0.15) is 5.76 Å². The number of aliphatic hydroxyl groups excluding tert-OH is 1. The smallest absolute Gasteiger partial charge is 0.378 e. The maximum absolute atomic E-state index is 11.1. The normalized spacial score (nSPS) is 11.0.